The minimum Gasteiger partial charge on any atom is -0.487 e. The van der Waals surface area contributed by atoms with E-state index in [0.29, 0.717) is 17.4 Å². The summed E-state index contributed by atoms with van der Waals surface area (Å²) >= 11 is 18.3. The van der Waals surface area contributed by atoms with Crippen LogP contribution < -0.4 is 9.64 Å². The van der Waals surface area contributed by atoms with Gasteiger partial charge in [-0.1, -0.05) is 39.7 Å². The van der Waals surface area contributed by atoms with Crippen LogP contribution in [0.2, 0.25) is 5.02 Å². The lowest BCUT2D eigenvalue weighted by Gasteiger charge is -2.25. The third-order valence-corrected chi connectivity index (χ3v) is 7.75. The average Bonchev–Trinajstić information content (AvgIpc) is 3.11. The summed E-state index contributed by atoms with van der Waals surface area (Å²) in [5.41, 5.74) is 2.92. The molecular weight excluding hydrogens is 617 g/mol. The molecule has 0 radical (unpaired) electrons. The van der Waals surface area contributed by atoms with Gasteiger partial charge in [0.1, 0.15) is 17.7 Å². The number of halogens is 4. The Labute approximate surface area is 209 Å². The van der Waals surface area contributed by atoms with Crippen molar-refractivity contribution in [2.24, 2.45) is 0 Å². The molecule has 0 bridgehead atoms. The quantitative estimate of drug-likeness (QED) is 0.286. The van der Waals surface area contributed by atoms with Crippen molar-refractivity contribution in [1.82, 2.24) is 0 Å². The Balaban J connectivity index is 1.58. The minimum absolute atomic E-state index is 0.0788. The molecule has 0 unspecified atom stereocenters. The third-order valence-electron chi connectivity index (χ3n) is 4.57. The highest BCUT2D eigenvalue weighted by Gasteiger charge is 2.34. The summed E-state index contributed by atoms with van der Waals surface area (Å²) in [6, 6.07) is 19.4. The first kappa shape index (κ1) is 22.2. The maximum absolute atomic E-state index is 12.6. The number of thioether (sulfide) groups is 1. The van der Waals surface area contributed by atoms with Crippen LogP contribution >= 0.6 is 71.2 Å². The lowest BCUT2D eigenvalue weighted by Crippen LogP contribution is -2.27. The zero-order valence-corrected chi connectivity index (χ0v) is 21.8. The van der Waals surface area contributed by atoms with Crippen molar-refractivity contribution in [2.75, 3.05) is 10.7 Å². The number of carbonyl (C=O) groups excluding carboxylic acids is 1. The van der Waals surface area contributed by atoms with Gasteiger partial charge in [-0.25, -0.2) is 0 Å². The maximum atomic E-state index is 12.6. The minimum atomic E-state index is -0.119. The number of ether oxygens (including phenoxy) is 1. The predicted octanol–water partition coefficient (Wildman–Crippen LogP) is 7.99. The van der Waals surface area contributed by atoms with Gasteiger partial charge in [0.2, 0.25) is 5.91 Å². The van der Waals surface area contributed by atoms with E-state index in [-0.39, 0.29) is 11.3 Å². The molecule has 1 amide bonds. The Morgan fingerprint density at radius 1 is 1.00 bits per heavy atom. The van der Waals surface area contributed by atoms with Crippen molar-refractivity contribution in [3.05, 3.63) is 90.2 Å². The van der Waals surface area contributed by atoms with E-state index in [1.54, 1.807) is 23.9 Å². The maximum Gasteiger partial charge on any atom is 0.238 e. The molecule has 0 aliphatic carbocycles. The van der Waals surface area contributed by atoms with Gasteiger partial charge in [0.25, 0.3) is 0 Å². The second-order valence-corrected chi connectivity index (χ2v) is 10.8. The summed E-state index contributed by atoms with van der Waals surface area (Å²) in [7, 11) is 0. The first-order valence-corrected chi connectivity index (χ1v) is 12.8. The van der Waals surface area contributed by atoms with Gasteiger partial charge in [0.05, 0.1) is 14.7 Å². The monoisotopic (exact) mass is 629 g/mol. The Bertz CT molecular complexity index is 1050. The van der Waals surface area contributed by atoms with Crippen molar-refractivity contribution in [3.63, 3.8) is 0 Å². The second-order valence-electron chi connectivity index (χ2n) is 6.63. The lowest BCUT2D eigenvalue weighted by molar-refractivity contribution is -0.115. The van der Waals surface area contributed by atoms with E-state index in [9.17, 15) is 4.79 Å². The summed E-state index contributed by atoms with van der Waals surface area (Å²) in [5, 5.41) is 0.527. The number of hydrogen-bond acceptors (Lipinski definition) is 3. The third kappa shape index (κ3) is 4.91. The Morgan fingerprint density at radius 2 is 1.63 bits per heavy atom. The SMILES string of the molecule is O=C1CS[C@@H](c2cc(Br)c(OCc3ccc(Br)cc3)c(Br)c2)N1c1ccc(Cl)cc1. The number of carbonyl (C=O) groups is 1. The highest BCUT2D eigenvalue weighted by atomic mass is 79.9. The number of rotatable bonds is 5. The molecule has 1 aliphatic rings. The van der Waals surface area contributed by atoms with Crippen LogP contribution in [0.5, 0.6) is 5.75 Å². The zero-order valence-electron chi connectivity index (χ0n) is 15.4. The van der Waals surface area contributed by atoms with Gasteiger partial charge in [-0.15, -0.1) is 11.8 Å². The standard InChI is InChI=1S/C22H15Br3ClNO2S/c23-15-3-1-13(2-4-15)11-29-21-18(24)9-14(10-19(21)25)22-27(20(28)12-30-22)17-7-5-16(26)6-8-17/h1-10,22H,11-12H2/t22-/m0/s1. The molecule has 1 fully saturated rings. The predicted molar refractivity (Wildman–Crippen MR) is 134 cm³/mol. The molecule has 0 aromatic heterocycles. The highest BCUT2D eigenvalue weighted by Crippen LogP contribution is 2.45. The lowest BCUT2D eigenvalue weighted by atomic mass is 10.1. The molecule has 30 heavy (non-hydrogen) atoms. The summed E-state index contributed by atoms with van der Waals surface area (Å²) in [5.74, 6) is 1.24. The van der Waals surface area contributed by atoms with Crippen molar-refractivity contribution in [2.45, 2.75) is 12.0 Å². The molecule has 0 spiro atoms. The van der Waals surface area contributed by atoms with Gasteiger partial charge in [-0.2, -0.15) is 0 Å². The molecule has 1 saturated heterocycles. The molecule has 0 N–H and O–H groups in total. The first-order chi connectivity index (χ1) is 14.4. The molecule has 154 valence electrons. The van der Waals surface area contributed by atoms with E-state index >= 15 is 0 Å². The molecule has 4 rings (SSSR count). The fourth-order valence-corrected chi connectivity index (χ4v) is 6.15. The summed E-state index contributed by atoms with van der Waals surface area (Å²) in [6.07, 6.45) is 0. The van der Waals surface area contributed by atoms with Gasteiger partial charge < -0.3 is 4.74 Å². The van der Waals surface area contributed by atoms with Crippen LogP contribution in [0.1, 0.15) is 16.5 Å². The Kier molecular flexibility index (Phi) is 7.15. The van der Waals surface area contributed by atoms with E-state index in [1.807, 2.05) is 53.4 Å². The van der Waals surface area contributed by atoms with Crippen molar-refractivity contribution in [1.29, 1.82) is 0 Å². The van der Waals surface area contributed by atoms with E-state index in [0.717, 1.165) is 36.0 Å². The molecule has 0 saturated carbocycles. The fraction of sp³-hybridized carbons (Fsp3) is 0.136. The van der Waals surface area contributed by atoms with Gasteiger partial charge in [-0.3, -0.25) is 9.69 Å². The molecule has 3 aromatic carbocycles. The fourth-order valence-electron chi connectivity index (χ4n) is 3.15. The van der Waals surface area contributed by atoms with E-state index in [2.05, 4.69) is 47.8 Å². The summed E-state index contributed by atoms with van der Waals surface area (Å²) in [4.78, 5) is 14.4. The van der Waals surface area contributed by atoms with Crippen LogP contribution in [0.15, 0.2) is 74.1 Å². The van der Waals surface area contributed by atoms with Crippen molar-refractivity contribution in [3.8, 4) is 5.75 Å². The molecule has 3 aromatic rings. The van der Waals surface area contributed by atoms with Crippen LogP contribution in [-0.2, 0) is 11.4 Å². The largest absolute Gasteiger partial charge is 0.487 e. The smallest absolute Gasteiger partial charge is 0.238 e. The zero-order chi connectivity index (χ0) is 21.3. The second kappa shape index (κ2) is 9.65. The number of nitrogens with zero attached hydrogens (tertiary/aromatic N) is 1. The molecular formula is C22H15Br3ClNO2S. The van der Waals surface area contributed by atoms with Crippen LogP contribution in [0.4, 0.5) is 5.69 Å². The normalized spacial score (nSPS) is 16.2. The molecule has 1 atom stereocenters. The van der Waals surface area contributed by atoms with E-state index in [4.69, 9.17) is 16.3 Å². The summed E-state index contributed by atoms with van der Waals surface area (Å²) in [6.45, 7) is 0.456. The van der Waals surface area contributed by atoms with Gasteiger partial charge in [0, 0.05) is 15.2 Å². The number of benzene rings is 3. The number of amides is 1. The highest BCUT2D eigenvalue weighted by molar-refractivity contribution is 9.11. The molecule has 3 nitrogen and oxygen atoms in total. The topological polar surface area (TPSA) is 29.5 Å². The van der Waals surface area contributed by atoms with Crippen LogP contribution in [0.3, 0.4) is 0 Å². The Morgan fingerprint density at radius 3 is 2.27 bits per heavy atom. The van der Waals surface area contributed by atoms with E-state index < -0.39 is 0 Å². The van der Waals surface area contributed by atoms with Crippen molar-refractivity contribution < 1.29 is 9.53 Å². The molecule has 1 aliphatic heterocycles. The van der Waals surface area contributed by atoms with Crippen LogP contribution in [0, 0.1) is 0 Å². The average molecular weight is 633 g/mol. The molecule has 1 heterocycles. The van der Waals surface area contributed by atoms with Crippen LogP contribution in [0.25, 0.3) is 0 Å². The van der Waals surface area contributed by atoms with Crippen LogP contribution in [-0.4, -0.2) is 11.7 Å². The van der Waals surface area contributed by atoms with Gasteiger partial charge in [-0.05, 0) is 91.5 Å². The van der Waals surface area contributed by atoms with E-state index in [1.165, 1.54) is 0 Å². The number of hydrogen-bond donors (Lipinski definition) is 0. The van der Waals surface area contributed by atoms with Crippen molar-refractivity contribution >= 4 is 82.7 Å². The van der Waals surface area contributed by atoms with Gasteiger partial charge in [0.15, 0.2) is 0 Å². The molecule has 8 heteroatoms. The first-order valence-electron chi connectivity index (χ1n) is 8.98. The summed E-state index contributed by atoms with van der Waals surface area (Å²) < 4.78 is 8.75. The number of anilines is 1. The van der Waals surface area contributed by atoms with Gasteiger partial charge >= 0.3 is 0 Å². The Hall–Kier alpha value is -0.990.